The third kappa shape index (κ3) is 3.66. The first-order valence-corrected chi connectivity index (χ1v) is 6.77. The first-order valence-electron chi connectivity index (χ1n) is 6.77. The zero-order chi connectivity index (χ0) is 12.9. The molecule has 2 aromatic rings. The smallest absolute Gasteiger partial charge is 0.124 e. The molecule has 1 aliphatic carbocycles. The number of hydrogen-bond donors (Lipinski definition) is 1. The van der Waals surface area contributed by atoms with E-state index in [-0.39, 0.29) is 0 Å². The van der Waals surface area contributed by atoms with Crippen LogP contribution in [0.1, 0.15) is 24.2 Å². The third-order valence-corrected chi connectivity index (χ3v) is 3.27. The van der Waals surface area contributed by atoms with Gasteiger partial charge in [0, 0.05) is 18.4 Å². The van der Waals surface area contributed by atoms with Crippen molar-refractivity contribution in [2.45, 2.75) is 38.8 Å². The SMILES string of the molecule is c1ccc(COCn2ccnc2CNC2CC2)cc1. The molecule has 0 amide bonds. The van der Waals surface area contributed by atoms with Crippen LogP contribution in [0.25, 0.3) is 0 Å². The maximum absolute atomic E-state index is 5.72. The molecule has 0 radical (unpaired) electrons. The van der Waals surface area contributed by atoms with Crippen LogP contribution >= 0.6 is 0 Å². The minimum absolute atomic E-state index is 0.552. The third-order valence-electron chi connectivity index (χ3n) is 3.27. The van der Waals surface area contributed by atoms with Gasteiger partial charge in [-0.3, -0.25) is 0 Å². The second-order valence-electron chi connectivity index (χ2n) is 4.93. The summed E-state index contributed by atoms with van der Waals surface area (Å²) in [4.78, 5) is 4.36. The lowest BCUT2D eigenvalue weighted by Gasteiger charge is -2.09. The van der Waals surface area contributed by atoms with E-state index < -0.39 is 0 Å². The van der Waals surface area contributed by atoms with E-state index in [9.17, 15) is 0 Å². The molecule has 1 fully saturated rings. The Bertz CT molecular complexity index is 505. The molecule has 1 N–H and O–H groups in total. The van der Waals surface area contributed by atoms with Crippen molar-refractivity contribution in [2.75, 3.05) is 0 Å². The van der Waals surface area contributed by atoms with E-state index in [1.807, 2.05) is 30.6 Å². The van der Waals surface area contributed by atoms with Gasteiger partial charge in [0.2, 0.25) is 0 Å². The fourth-order valence-corrected chi connectivity index (χ4v) is 1.98. The molecule has 0 atom stereocenters. The first kappa shape index (κ1) is 12.4. The summed E-state index contributed by atoms with van der Waals surface area (Å²) in [6.45, 7) is 2.01. The van der Waals surface area contributed by atoms with E-state index in [0.717, 1.165) is 12.4 Å². The van der Waals surface area contributed by atoms with Crippen molar-refractivity contribution in [1.82, 2.24) is 14.9 Å². The van der Waals surface area contributed by atoms with Gasteiger partial charge in [-0.15, -0.1) is 0 Å². The maximum Gasteiger partial charge on any atom is 0.124 e. The van der Waals surface area contributed by atoms with Gasteiger partial charge >= 0.3 is 0 Å². The van der Waals surface area contributed by atoms with Gasteiger partial charge in [0.15, 0.2) is 0 Å². The van der Waals surface area contributed by atoms with Gasteiger partial charge in [-0.1, -0.05) is 30.3 Å². The zero-order valence-corrected chi connectivity index (χ0v) is 11.0. The van der Waals surface area contributed by atoms with Gasteiger partial charge in [-0.05, 0) is 18.4 Å². The van der Waals surface area contributed by atoms with E-state index in [0.29, 0.717) is 19.4 Å². The van der Waals surface area contributed by atoms with Crippen molar-refractivity contribution in [1.29, 1.82) is 0 Å². The van der Waals surface area contributed by atoms with Crippen molar-refractivity contribution in [3.63, 3.8) is 0 Å². The molecule has 100 valence electrons. The Hall–Kier alpha value is -1.65. The van der Waals surface area contributed by atoms with Crippen molar-refractivity contribution in [3.05, 3.63) is 54.1 Å². The predicted molar refractivity (Wildman–Crippen MR) is 73.3 cm³/mol. The molecule has 0 spiro atoms. The normalized spacial score (nSPS) is 14.7. The number of nitrogens with one attached hydrogen (secondary N) is 1. The second-order valence-corrected chi connectivity index (χ2v) is 4.93. The minimum Gasteiger partial charge on any atom is -0.356 e. The van der Waals surface area contributed by atoms with Crippen LogP contribution in [0, 0.1) is 0 Å². The molecular weight excluding hydrogens is 238 g/mol. The summed E-state index contributed by atoms with van der Waals surface area (Å²) in [7, 11) is 0. The highest BCUT2D eigenvalue weighted by Gasteiger charge is 2.20. The van der Waals surface area contributed by atoms with Crippen LogP contribution in [-0.2, 0) is 24.6 Å². The Morgan fingerprint density at radius 3 is 2.89 bits per heavy atom. The topological polar surface area (TPSA) is 39.1 Å². The number of benzene rings is 1. The van der Waals surface area contributed by atoms with Crippen molar-refractivity contribution < 1.29 is 4.74 Å². The molecule has 1 aromatic heterocycles. The number of aromatic nitrogens is 2. The Balaban J connectivity index is 1.47. The molecular formula is C15H19N3O. The molecule has 3 rings (SSSR count). The molecule has 0 bridgehead atoms. The number of imidazole rings is 1. The molecule has 1 aliphatic rings. The summed E-state index contributed by atoms with van der Waals surface area (Å²) in [6, 6.07) is 10.9. The summed E-state index contributed by atoms with van der Waals surface area (Å²) >= 11 is 0. The van der Waals surface area contributed by atoms with Crippen LogP contribution in [-0.4, -0.2) is 15.6 Å². The quantitative estimate of drug-likeness (QED) is 0.827. The summed E-state index contributed by atoms with van der Waals surface area (Å²) in [6.07, 6.45) is 6.39. The second kappa shape index (κ2) is 5.99. The number of ether oxygens (including phenoxy) is 1. The van der Waals surface area contributed by atoms with Gasteiger partial charge in [-0.25, -0.2) is 4.98 Å². The summed E-state index contributed by atoms with van der Waals surface area (Å²) in [5.41, 5.74) is 1.19. The van der Waals surface area contributed by atoms with Crippen molar-refractivity contribution in [2.24, 2.45) is 0 Å². The fraction of sp³-hybridized carbons (Fsp3) is 0.400. The van der Waals surface area contributed by atoms with E-state index in [4.69, 9.17) is 4.74 Å². The average Bonchev–Trinajstić information content (AvgIpc) is 3.17. The molecule has 4 nitrogen and oxygen atoms in total. The highest BCUT2D eigenvalue weighted by atomic mass is 16.5. The van der Waals surface area contributed by atoms with E-state index in [1.54, 1.807) is 0 Å². The Labute approximate surface area is 113 Å². The minimum atomic E-state index is 0.552. The van der Waals surface area contributed by atoms with Crippen LogP contribution in [0.3, 0.4) is 0 Å². The molecule has 19 heavy (non-hydrogen) atoms. The molecule has 4 heteroatoms. The van der Waals surface area contributed by atoms with Crippen molar-refractivity contribution >= 4 is 0 Å². The fourth-order valence-electron chi connectivity index (χ4n) is 1.98. The maximum atomic E-state index is 5.72. The average molecular weight is 257 g/mol. The van der Waals surface area contributed by atoms with Crippen LogP contribution in [0.4, 0.5) is 0 Å². The van der Waals surface area contributed by atoms with Gasteiger partial charge in [0.05, 0.1) is 13.2 Å². The number of nitrogens with zero attached hydrogens (tertiary/aromatic N) is 2. The largest absolute Gasteiger partial charge is 0.356 e. The predicted octanol–water partition coefficient (Wildman–Crippen LogP) is 2.31. The Morgan fingerprint density at radius 2 is 2.11 bits per heavy atom. The van der Waals surface area contributed by atoms with Crippen LogP contribution in [0.15, 0.2) is 42.7 Å². The van der Waals surface area contributed by atoms with Gasteiger partial charge in [-0.2, -0.15) is 0 Å². The van der Waals surface area contributed by atoms with Gasteiger partial charge in [0.25, 0.3) is 0 Å². The monoisotopic (exact) mass is 257 g/mol. The number of hydrogen-bond acceptors (Lipinski definition) is 3. The van der Waals surface area contributed by atoms with E-state index >= 15 is 0 Å². The number of rotatable bonds is 7. The molecule has 1 aromatic carbocycles. The molecule has 1 heterocycles. The molecule has 0 saturated heterocycles. The van der Waals surface area contributed by atoms with E-state index in [1.165, 1.54) is 18.4 Å². The van der Waals surface area contributed by atoms with Gasteiger partial charge in [0.1, 0.15) is 12.6 Å². The standard InChI is InChI=1S/C15H19N3O/c1-2-4-13(5-3-1)11-19-12-18-9-8-16-15(18)10-17-14-6-7-14/h1-5,8-9,14,17H,6-7,10-12H2. The Morgan fingerprint density at radius 1 is 1.26 bits per heavy atom. The van der Waals surface area contributed by atoms with Gasteiger partial charge < -0.3 is 14.6 Å². The highest BCUT2D eigenvalue weighted by molar-refractivity contribution is 5.13. The molecule has 1 saturated carbocycles. The van der Waals surface area contributed by atoms with Crippen LogP contribution in [0.5, 0.6) is 0 Å². The Kier molecular flexibility index (Phi) is 3.91. The molecule has 0 unspecified atom stereocenters. The summed E-state index contributed by atoms with van der Waals surface area (Å²) < 4.78 is 7.78. The van der Waals surface area contributed by atoms with Crippen LogP contribution in [0.2, 0.25) is 0 Å². The van der Waals surface area contributed by atoms with E-state index in [2.05, 4.69) is 27.0 Å². The lowest BCUT2D eigenvalue weighted by molar-refractivity contribution is 0.0619. The zero-order valence-electron chi connectivity index (χ0n) is 11.0. The lowest BCUT2D eigenvalue weighted by Crippen LogP contribution is -2.19. The molecule has 0 aliphatic heterocycles. The summed E-state index contributed by atoms with van der Waals surface area (Å²) in [5.74, 6) is 1.04. The van der Waals surface area contributed by atoms with Crippen LogP contribution < -0.4 is 5.32 Å². The van der Waals surface area contributed by atoms with Crippen molar-refractivity contribution in [3.8, 4) is 0 Å². The lowest BCUT2D eigenvalue weighted by atomic mass is 10.2. The first-order chi connectivity index (χ1) is 9.42. The summed E-state index contributed by atoms with van der Waals surface area (Å²) in [5, 5.41) is 3.47. The highest BCUT2D eigenvalue weighted by Crippen LogP contribution is 2.19.